The molecule has 2 aromatic rings. The van der Waals surface area contributed by atoms with Gasteiger partial charge in [0.2, 0.25) is 0 Å². The maximum Gasteiger partial charge on any atom is 0.253 e. The van der Waals surface area contributed by atoms with Crippen LogP contribution in [-0.2, 0) is 9.84 Å². The van der Waals surface area contributed by atoms with Crippen LogP contribution in [0, 0.1) is 0 Å². The number of hydrogen-bond acceptors (Lipinski definition) is 3. The number of nitrogens with one attached hydrogen (secondary N) is 1. The molecule has 2 aromatic carbocycles. The fourth-order valence-corrected chi connectivity index (χ4v) is 3.65. The highest BCUT2D eigenvalue weighted by molar-refractivity contribution is 7.91. The average molecular weight is 352 g/mol. The van der Waals surface area contributed by atoms with Crippen molar-refractivity contribution in [3.63, 3.8) is 0 Å². The Balaban J connectivity index is 2.31. The summed E-state index contributed by atoms with van der Waals surface area (Å²) in [5, 5.41) is 3.35. The minimum Gasteiger partial charge on any atom is -0.345 e. The Morgan fingerprint density at radius 3 is 2.39 bits per heavy atom. The van der Waals surface area contributed by atoms with Crippen molar-refractivity contribution in [2.24, 2.45) is 0 Å². The minimum atomic E-state index is -3.47. The summed E-state index contributed by atoms with van der Waals surface area (Å²) in [6.07, 6.45) is 0. The summed E-state index contributed by atoms with van der Waals surface area (Å²) in [7, 11) is -3.47. The van der Waals surface area contributed by atoms with Crippen LogP contribution in [0.4, 0.5) is 0 Å². The van der Waals surface area contributed by atoms with Crippen LogP contribution in [0.25, 0.3) is 0 Å². The first-order valence-corrected chi connectivity index (χ1v) is 9.27. The molecule has 2 rings (SSSR count). The molecule has 1 unspecified atom stereocenters. The summed E-state index contributed by atoms with van der Waals surface area (Å²) in [5.74, 6) is -0.498. The molecule has 0 aliphatic carbocycles. The Morgan fingerprint density at radius 1 is 1.13 bits per heavy atom. The second kappa shape index (κ2) is 7.15. The van der Waals surface area contributed by atoms with Crippen molar-refractivity contribution >= 4 is 27.3 Å². The van der Waals surface area contributed by atoms with Crippen molar-refractivity contribution in [3.8, 4) is 0 Å². The van der Waals surface area contributed by atoms with Crippen molar-refractivity contribution in [1.29, 1.82) is 0 Å². The lowest BCUT2D eigenvalue weighted by Crippen LogP contribution is -2.28. The van der Waals surface area contributed by atoms with Crippen LogP contribution in [0.5, 0.6) is 0 Å². The van der Waals surface area contributed by atoms with Crippen LogP contribution in [0.1, 0.15) is 35.8 Å². The number of rotatable bonds is 5. The number of carbonyl (C=O) groups excluding carboxylic acids is 1. The topological polar surface area (TPSA) is 63.2 Å². The zero-order valence-electron chi connectivity index (χ0n) is 12.9. The summed E-state index contributed by atoms with van der Waals surface area (Å²) >= 11 is 6.13. The first-order valence-electron chi connectivity index (χ1n) is 7.24. The number of carbonyl (C=O) groups is 1. The lowest BCUT2D eigenvalue weighted by molar-refractivity contribution is 0.0936. The molecule has 0 aromatic heterocycles. The molecule has 0 fully saturated rings. The van der Waals surface area contributed by atoms with Gasteiger partial charge in [-0.25, -0.2) is 8.42 Å². The molecule has 6 heteroatoms. The van der Waals surface area contributed by atoms with Gasteiger partial charge >= 0.3 is 0 Å². The van der Waals surface area contributed by atoms with Crippen molar-refractivity contribution in [1.82, 2.24) is 5.32 Å². The van der Waals surface area contributed by atoms with Gasteiger partial charge < -0.3 is 5.32 Å². The van der Waals surface area contributed by atoms with E-state index in [0.717, 1.165) is 5.56 Å². The Morgan fingerprint density at radius 2 is 1.74 bits per heavy atom. The molecular weight excluding hydrogens is 334 g/mol. The summed E-state index contributed by atoms with van der Waals surface area (Å²) < 4.78 is 24.3. The molecule has 0 saturated carbocycles. The molecule has 0 radical (unpaired) electrons. The minimum absolute atomic E-state index is 0.0476. The van der Waals surface area contributed by atoms with Gasteiger partial charge in [-0.1, -0.05) is 48.9 Å². The Kier molecular flexibility index (Phi) is 5.44. The molecule has 0 saturated heterocycles. The third-order valence-electron chi connectivity index (χ3n) is 3.57. The highest BCUT2D eigenvalue weighted by Gasteiger charge is 2.22. The van der Waals surface area contributed by atoms with Crippen LogP contribution in [0.2, 0.25) is 5.02 Å². The third-order valence-corrected chi connectivity index (χ3v) is 5.70. The van der Waals surface area contributed by atoms with Crippen LogP contribution in [0.3, 0.4) is 0 Å². The van der Waals surface area contributed by atoms with Gasteiger partial charge in [0.25, 0.3) is 5.91 Å². The molecule has 0 bridgehead atoms. The van der Waals surface area contributed by atoms with Gasteiger partial charge in [-0.15, -0.1) is 0 Å². The molecular formula is C17H18ClNO3S. The van der Waals surface area contributed by atoms with E-state index < -0.39 is 15.7 Å². The van der Waals surface area contributed by atoms with E-state index in [9.17, 15) is 13.2 Å². The molecule has 0 aliphatic heterocycles. The van der Waals surface area contributed by atoms with E-state index >= 15 is 0 Å². The maximum atomic E-state index is 12.5. The summed E-state index contributed by atoms with van der Waals surface area (Å²) in [6.45, 7) is 3.35. The molecule has 0 aliphatic rings. The predicted molar refractivity (Wildman–Crippen MR) is 91.5 cm³/mol. The summed E-state index contributed by atoms with van der Waals surface area (Å²) in [6, 6.07) is 13.1. The number of hydrogen-bond donors (Lipinski definition) is 1. The van der Waals surface area contributed by atoms with E-state index in [-0.39, 0.29) is 22.3 Å². The Labute approximate surface area is 141 Å². The third kappa shape index (κ3) is 3.92. The highest BCUT2D eigenvalue weighted by atomic mass is 35.5. The molecule has 0 heterocycles. The lowest BCUT2D eigenvalue weighted by Gasteiger charge is -2.17. The van der Waals surface area contributed by atoms with Crippen LogP contribution >= 0.6 is 11.6 Å². The number of amides is 1. The molecule has 1 N–H and O–H groups in total. The standard InChI is InChI=1S/C17H18ClNO3S/c1-3-23(21,22)16-11-7-5-9-14(16)17(20)19-12(2)13-8-4-6-10-15(13)18/h4-12H,3H2,1-2H3,(H,19,20). The van der Waals surface area contributed by atoms with Gasteiger partial charge in [-0.2, -0.15) is 0 Å². The molecule has 23 heavy (non-hydrogen) atoms. The van der Waals surface area contributed by atoms with Gasteiger partial charge in [0, 0.05) is 5.02 Å². The van der Waals surface area contributed by atoms with E-state index in [4.69, 9.17) is 11.6 Å². The van der Waals surface area contributed by atoms with Crippen LogP contribution in [-0.4, -0.2) is 20.1 Å². The highest BCUT2D eigenvalue weighted by Crippen LogP contribution is 2.23. The Hall–Kier alpha value is -1.85. The SMILES string of the molecule is CCS(=O)(=O)c1ccccc1C(=O)NC(C)c1ccccc1Cl. The molecule has 4 nitrogen and oxygen atoms in total. The quantitative estimate of drug-likeness (QED) is 0.894. The first-order chi connectivity index (χ1) is 10.9. The summed E-state index contributed by atoms with van der Waals surface area (Å²) in [4.78, 5) is 12.6. The lowest BCUT2D eigenvalue weighted by atomic mass is 10.1. The second-order valence-corrected chi connectivity index (χ2v) is 7.77. The average Bonchev–Trinajstić information content (AvgIpc) is 2.55. The monoisotopic (exact) mass is 351 g/mol. The zero-order chi connectivity index (χ0) is 17.0. The van der Waals surface area contributed by atoms with E-state index in [0.29, 0.717) is 5.02 Å². The van der Waals surface area contributed by atoms with Gasteiger partial charge in [0.15, 0.2) is 9.84 Å². The molecule has 0 spiro atoms. The van der Waals surface area contributed by atoms with E-state index in [1.54, 1.807) is 32.0 Å². The first kappa shape index (κ1) is 17.5. The van der Waals surface area contributed by atoms with Crippen molar-refractivity contribution < 1.29 is 13.2 Å². The van der Waals surface area contributed by atoms with Crippen molar-refractivity contribution in [2.45, 2.75) is 24.8 Å². The maximum absolute atomic E-state index is 12.5. The fourth-order valence-electron chi connectivity index (χ4n) is 2.26. The van der Waals surface area contributed by atoms with Crippen LogP contribution < -0.4 is 5.32 Å². The number of benzene rings is 2. The smallest absolute Gasteiger partial charge is 0.253 e. The summed E-state index contributed by atoms with van der Waals surface area (Å²) in [5.41, 5.74) is 0.923. The van der Waals surface area contributed by atoms with Crippen molar-refractivity contribution in [2.75, 3.05) is 5.75 Å². The number of halogens is 1. The van der Waals surface area contributed by atoms with Gasteiger partial charge in [-0.3, -0.25) is 4.79 Å². The normalized spacial score (nSPS) is 12.7. The van der Waals surface area contributed by atoms with Gasteiger partial charge in [0.1, 0.15) is 0 Å². The van der Waals surface area contributed by atoms with E-state index in [1.165, 1.54) is 12.1 Å². The van der Waals surface area contributed by atoms with Gasteiger partial charge in [-0.05, 0) is 30.7 Å². The fraction of sp³-hybridized carbons (Fsp3) is 0.235. The zero-order valence-corrected chi connectivity index (χ0v) is 14.5. The Bertz CT molecular complexity index is 818. The number of sulfone groups is 1. The van der Waals surface area contributed by atoms with Crippen molar-refractivity contribution in [3.05, 3.63) is 64.7 Å². The largest absolute Gasteiger partial charge is 0.345 e. The molecule has 1 atom stereocenters. The van der Waals surface area contributed by atoms with Gasteiger partial charge in [0.05, 0.1) is 22.3 Å². The molecule has 1 amide bonds. The van der Waals surface area contributed by atoms with E-state index in [1.807, 2.05) is 18.2 Å². The molecule has 122 valence electrons. The van der Waals surface area contributed by atoms with Crippen LogP contribution in [0.15, 0.2) is 53.4 Å². The van der Waals surface area contributed by atoms with E-state index in [2.05, 4.69) is 5.32 Å². The second-order valence-electron chi connectivity index (χ2n) is 5.12. The predicted octanol–water partition coefficient (Wildman–Crippen LogP) is 3.62.